The van der Waals surface area contributed by atoms with Crippen LogP contribution < -0.4 is 0 Å². The molecule has 0 bridgehead atoms. The van der Waals surface area contributed by atoms with E-state index in [-0.39, 0.29) is 0 Å². The molecule has 0 amide bonds. The summed E-state index contributed by atoms with van der Waals surface area (Å²) < 4.78 is 2.52. The van der Waals surface area contributed by atoms with Crippen LogP contribution in [0.5, 0.6) is 0 Å². The van der Waals surface area contributed by atoms with Crippen molar-refractivity contribution < 1.29 is 0 Å². The van der Waals surface area contributed by atoms with Gasteiger partial charge in [-0.15, -0.1) is 0 Å². The molecule has 1 aliphatic carbocycles. The van der Waals surface area contributed by atoms with Gasteiger partial charge in [0.15, 0.2) is 0 Å². The van der Waals surface area contributed by atoms with Crippen LogP contribution >= 0.6 is 12.6 Å². The summed E-state index contributed by atoms with van der Waals surface area (Å²) in [6.07, 6.45) is 10.1. The number of aryl methyl sites for hydroxylation is 2. The zero-order valence-electron chi connectivity index (χ0n) is 13.4. The van der Waals surface area contributed by atoms with Gasteiger partial charge in [0.2, 0.25) is 0 Å². The molecule has 1 heterocycles. The van der Waals surface area contributed by atoms with E-state index in [0.29, 0.717) is 5.41 Å². The van der Waals surface area contributed by atoms with Gasteiger partial charge in [-0.3, -0.25) is 0 Å². The van der Waals surface area contributed by atoms with E-state index in [1.165, 1.54) is 68.6 Å². The van der Waals surface area contributed by atoms with Crippen LogP contribution in [-0.4, -0.2) is 15.3 Å². The Labute approximate surface area is 129 Å². The number of nitrogens with zero attached hydrogens (tertiary/aromatic N) is 2. The van der Waals surface area contributed by atoms with E-state index in [0.717, 1.165) is 12.3 Å². The van der Waals surface area contributed by atoms with Crippen LogP contribution in [0.15, 0.2) is 0 Å². The molecule has 0 fully saturated rings. The van der Waals surface area contributed by atoms with Gasteiger partial charge < -0.3 is 4.57 Å². The second kappa shape index (κ2) is 7.02. The summed E-state index contributed by atoms with van der Waals surface area (Å²) >= 11 is 4.71. The Balaban J connectivity index is 2.28. The highest BCUT2D eigenvalue weighted by Crippen LogP contribution is 2.35. The summed E-state index contributed by atoms with van der Waals surface area (Å²) in [6.45, 7) is 7.89. The number of hydrogen-bond acceptors (Lipinski definition) is 2. The van der Waals surface area contributed by atoms with Gasteiger partial charge in [-0.2, -0.15) is 12.6 Å². The Kier molecular flexibility index (Phi) is 5.59. The summed E-state index contributed by atoms with van der Waals surface area (Å²) in [5.74, 6) is 2.21. The molecular formula is C17H30N2S. The Bertz CT molecular complexity index is 430. The third kappa shape index (κ3) is 3.24. The van der Waals surface area contributed by atoms with Crippen LogP contribution in [0, 0.1) is 12.3 Å². The van der Waals surface area contributed by atoms with E-state index in [4.69, 9.17) is 17.6 Å². The average molecular weight is 295 g/mol. The highest BCUT2D eigenvalue weighted by Gasteiger charge is 2.30. The third-order valence-electron chi connectivity index (χ3n) is 4.81. The van der Waals surface area contributed by atoms with Gasteiger partial charge in [-0.1, -0.05) is 26.7 Å². The molecule has 2 nitrogen and oxygen atoms in total. The normalized spacial score (nSPS) is 15.4. The molecule has 0 N–H and O–H groups in total. The quantitative estimate of drug-likeness (QED) is 0.728. The van der Waals surface area contributed by atoms with Crippen molar-refractivity contribution in [3.63, 3.8) is 0 Å². The summed E-state index contributed by atoms with van der Waals surface area (Å²) in [5.41, 5.74) is 3.24. The summed E-state index contributed by atoms with van der Waals surface area (Å²) in [6, 6.07) is 0. The van der Waals surface area contributed by atoms with E-state index >= 15 is 0 Å². The van der Waals surface area contributed by atoms with Crippen molar-refractivity contribution in [2.75, 3.05) is 5.75 Å². The molecule has 0 spiro atoms. The topological polar surface area (TPSA) is 17.8 Å². The van der Waals surface area contributed by atoms with Gasteiger partial charge in [0.05, 0.1) is 5.69 Å². The van der Waals surface area contributed by atoms with E-state index < -0.39 is 0 Å². The van der Waals surface area contributed by atoms with Crippen molar-refractivity contribution in [2.24, 2.45) is 5.41 Å². The Morgan fingerprint density at radius 1 is 1.15 bits per heavy atom. The molecule has 2 rings (SSSR count). The Morgan fingerprint density at radius 2 is 1.80 bits per heavy atom. The largest absolute Gasteiger partial charge is 0.331 e. The molecule has 0 atom stereocenters. The first kappa shape index (κ1) is 15.9. The standard InChI is InChI=1S/C17H30N2S/c1-4-10-17(13-20,11-5-2)12-19-14(3)18-15-8-6-7-9-16(15)19/h20H,4-13H2,1-3H3. The van der Waals surface area contributed by atoms with Gasteiger partial charge >= 0.3 is 0 Å². The van der Waals surface area contributed by atoms with Crippen LogP contribution in [0.1, 0.15) is 69.6 Å². The maximum Gasteiger partial charge on any atom is 0.106 e. The molecule has 20 heavy (non-hydrogen) atoms. The lowest BCUT2D eigenvalue weighted by molar-refractivity contribution is 0.227. The van der Waals surface area contributed by atoms with Crippen LogP contribution in [0.4, 0.5) is 0 Å². The second-order valence-electron chi connectivity index (χ2n) is 6.50. The number of aromatic nitrogens is 2. The number of thiol groups is 1. The second-order valence-corrected chi connectivity index (χ2v) is 6.82. The lowest BCUT2D eigenvalue weighted by Gasteiger charge is -2.34. The first-order chi connectivity index (χ1) is 9.65. The smallest absolute Gasteiger partial charge is 0.106 e. The number of hydrogen-bond donors (Lipinski definition) is 1. The van der Waals surface area contributed by atoms with Crippen molar-refractivity contribution in [1.82, 2.24) is 9.55 Å². The maximum absolute atomic E-state index is 4.83. The van der Waals surface area contributed by atoms with E-state index in [1.807, 2.05) is 0 Å². The fourth-order valence-corrected chi connectivity index (χ4v) is 4.25. The summed E-state index contributed by atoms with van der Waals surface area (Å²) in [7, 11) is 0. The molecule has 114 valence electrons. The first-order valence-corrected chi connectivity index (χ1v) is 8.94. The van der Waals surface area contributed by atoms with Crippen LogP contribution in [0.2, 0.25) is 0 Å². The van der Waals surface area contributed by atoms with E-state index in [9.17, 15) is 0 Å². The molecule has 1 aliphatic rings. The number of imidazole rings is 1. The minimum atomic E-state index is 0.350. The van der Waals surface area contributed by atoms with Crippen molar-refractivity contribution in [2.45, 2.75) is 78.7 Å². The lowest BCUT2D eigenvalue weighted by Crippen LogP contribution is -2.30. The zero-order chi connectivity index (χ0) is 14.6. The minimum absolute atomic E-state index is 0.350. The van der Waals surface area contributed by atoms with Gasteiger partial charge in [0.1, 0.15) is 5.82 Å². The van der Waals surface area contributed by atoms with Gasteiger partial charge in [0.25, 0.3) is 0 Å². The van der Waals surface area contributed by atoms with Gasteiger partial charge in [-0.25, -0.2) is 4.98 Å². The molecule has 0 radical (unpaired) electrons. The SMILES string of the molecule is CCCC(CS)(CCC)Cn1c(C)nc2c1CCCC2. The van der Waals surface area contributed by atoms with Crippen molar-refractivity contribution in [3.05, 3.63) is 17.2 Å². The first-order valence-electron chi connectivity index (χ1n) is 8.31. The highest BCUT2D eigenvalue weighted by atomic mass is 32.1. The molecule has 0 saturated heterocycles. The van der Waals surface area contributed by atoms with Crippen molar-refractivity contribution >= 4 is 12.6 Å². The number of fused-ring (bicyclic) bond motifs is 1. The Morgan fingerprint density at radius 3 is 2.40 bits per heavy atom. The van der Waals surface area contributed by atoms with Gasteiger partial charge in [0, 0.05) is 12.2 Å². The minimum Gasteiger partial charge on any atom is -0.331 e. The van der Waals surface area contributed by atoms with Crippen LogP contribution in [0.25, 0.3) is 0 Å². The maximum atomic E-state index is 4.83. The summed E-state index contributed by atoms with van der Waals surface area (Å²) in [5, 5.41) is 0. The predicted molar refractivity (Wildman–Crippen MR) is 89.7 cm³/mol. The molecular weight excluding hydrogens is 264 g/mol. The van der Waals surface area contributed by atoms with Crippen LogP contribution in [0.3, 0.4) is 0 Å². The fraction of sp³-hybridized carbons (Fsp3) is 0.824. The zero-order valence-corrected chi connectivity index (χ0v) is 14.3. The lowest BCUT2D eigenvalue weighted by atomic mass is 9.80. The van der Waals surface area contributed by atoms with Gasteiger partial charge in [-0.05, 0) is 56.6 Å². The monoisotopic (exact) mass is 294 g/mol. The van der Waals surface area contributed by atoms with Crippen LogP contribution in [-0.2, 0) is 19.4 Å². The third-order valence-corrected chi connectivity index (χ3v) is 5.48. The molecule has 0 aliphatic heterocycles. The highest BCUT2D eigenvalue weighted by molar-refractivity contribution is 7.80. The molecule has 0 unspecified atom stereocenters. The average Bonchev–Trinajstić information content (AvgIpc) is 2.75. The molecule has 3 heteroatoms. The molecule has 1 aromatic heterocycles. The van der Waals surface area contributed by atoms with Crippen molar-refractivity contribution in [3.8, 4) is 0 Å². The van der Waals surface area contributed by atoms with E-state index in [1.54, 1.807) is 0 Å². The predicted octanol–water partition coefficient (Wildman–Crippen LogP) is 4.59. The molecule has 1 aromatic rings. The molecule has 0 saturated carbocycles. The van der Waals surface area contributed by atoms with E-state index in [2.05, 4.69) is 25.3 Å². The Hall–Kier alpha value is -0.440. The number of rotatable bonds is 7. The fourth-order valence-electron chi connectivity index (χ4n) is 3.83. The molecule has 0 aromatic carbocycles. The van der Waals surface area contributed by atoms with Crippen molar-refractivity contribution in [1.29, 1.82) is 0 Å². The summed E-state index contributed by atoms with van der Waals surface area (Å²) in [4.78, 5) is 4.83.